The Hall–Kier alpha value is -8.87. The number of anilines is 1. The zero-order valence-electron chi connectivity index (χ0n) is 46.3. The van der Waals surface area contributed by atoms with Gasteiger partial charge in [-0.25, -0.2) is 4.79 Å². The van der Waals surface area contributed by atoms with E-state index in [9.17, 15) is 47.9 Å². The molecule has 0 radical (unpaired) electrons. The van der Waals surface area contributed by atoms with Crippen molar-refractivity contribution in [2.45, 2.75) is 54.1 Å². The van der Waals surface area contributed by atoms with Gasteiger partial charge in [0.05, 0.1) is 44.7 Å². The smallest absolute Gasteiger partial charge is 0.344 e. The summed E-state index contributed by atoms with van der Waals surface area (Å²) in [6, 6.07) is 5.56. The Balaban J connectivity index is 1.66. The fourth-order valence-corrected chi connectivity index (χ4v) is 8.36. The highest BCUT2D eigenvalue weighted by atomic mass is 35.5. The standard InChI is InChI=1S/C52H56Cl2N2O28/c1-27-15-35-47(44(53)46(27)81-25-75-32(6)61)83-48-36(16-38(68-8)50(45(48)54)82-26-76-33(7)62)52(35)34-9-10-37(56(19-41(65)79-23-73-30(4)59)20-42(66)80-24-74-31(5)60)49(43(34)51(67)84-52)70-14-13-69-12-11-55(17-39(63)77-21-71-28(2)57)18-40(64)78-22-72-29(3)58/h9-10,15-16H,11-14,17-26H2,1-8H3. The van der Waals surface area contributed by atoms with E-state index in [1.54, 1.807) is 6.92 Å². The van der Waals surface area contributed by atoms with E-state index >= 15 is 4.79 Å². The molecule has 1 unspecified atom stereocenters. The van der Waals surface area contributed by atoms with Crippen molar-refractivity contribution in [3.8, 4) is 34.5 Å². The molecule has 1 atom stereocenters. The van der Waals surface area contributed by atoms with E-state index in [-0.39, 0.29) is 97.8 Å². The molecule has 30 nitrogen and oxygen atoms in total. The second-order valence-electron chi connectivity index (χ2n) is 17.2. The van der Waals surface area contributed by atoms with Gasteiger partial charge in [-0.2, -0.15) is 0 Å². The Morgan fingerprint density at radius 3 is 1.43 bits per heavy atom. The van der Waals surface area contributed by atoms with Crippen LogP contribution in [0.4, 0.5) is 5.69 Å². The van der Waals surface area contributed by atoms with E-state index in [0.29, 0.717) is 0 Å². The lowest BCUT2D eigenvalue weighted by molar-refractivity contribution is -0.170. The Morgan fingerprint density at radius 2 is 0.952 bits per heavy atom. The van der Waals surface area contributed by atoms with E-state index in [2.05, 4.69) is 9.47 Å². The van der Waals surface area contributed by atoms with Gasteiger partial charge in [0.15, 0.2) is 34.3 Å². The topological polar surface area (TPSA) is 351 Å². The van der Waals surface area contributed by atoms with Crippen molar-refractivity contribution in [3.05, 3.63) is 62.1 Å². The highest BCUT2D eigenvalue weighted by Crippen LogP contribution is 2.64. The van der Waals surface area contributed by atoms with Gasteiger partial charge in [0, 0.05) is 59.2 Å². The summed E-state index contributed by atoms with van der Waals surface area (Å²) in [6.45, 7) is -0.252. The minimum absolute atomic E-state index is 0.0232. The number of benzene rings is 3. The Kier molecular flexibility index (Phi) is 24.3. The number of carbonyl (C=O) groups excluding carboxylic acids is 11. The molecule has 3 aromatic carbocycles. The lowest BCUT2D eigenvalue weighted by Gasteiger charge is -2.38. The molecule has 1 spiro atoms. The maximum absolute atomic E-state index is 15.1. The van der Waals surface area contributed by atoms with Crippen molar-refractivity contribution in [1.29, 1.82) is 0 Å². The summed E-state index contributed by atoms with van der Waals surface area (Å²) in [5.41, 5.74) is -2.46. The van der Waals surface area contributed by atoms with Crippen LogP contribution < -0.4 is 28.6 Å². The van der Waals surface area contributed by atoms with E-state index in [4.69, 9.17) is 94.3 Å². The molecule has 0 fully saturated rings. The van der Waals surface area contributed by atoms with Gasteiger partial charge < -0.3 is 85.4 Å². The molecule has 0 saturated heterocycles. The Morgan fingerprint density at radius 1 is 0.512 bits per heavy atom. The van der Waals surface area contributed by atoms with Gasteiger partial charge in [-0.1, -0.05) is 29.3 Å². The van der Waals surface area contributed by atoms with E-state index < -0.39 is 145 Å². The van der Waals surface area contributed by atoms with Crippen molar-refractivity contribution in [2.24, 2.45) is 0 Å². The summed E-state index contributed by atoms with van der Waals surface area (Å²) >= 11 is 14.2. The van der Waals surface area contributed by atoms with Crippen molar-refractivity contribution in [2.75, 3.05) is 105 Å². The van der Waals surface area contributed by atoms with Gasteiger partial charge in [0.2, 0.25) is 40.8 Å². The first kappa shape index (κ1) is 65.9. The molecule has 2 heterocycles. The summed E-state index contributed by atoms with van der Waals surface area (Å²) in [4.78, 5) is 139. The summed E-state index contributed by atoms with van der Waals surface area (Å²) in [5, 5.41) is -0.564. The normalized spacial score (nSPS) is 13.2. The SMILES string of the molecule is COc1cc2c(c(Cl)c1OCOC(C)=O)Oc1c(cc(C)c(OCOC(C)=O)c1Cl)C21OC(=O)c2c1ccc(N(CC(=O)OCOC(C)=O)CC(=O)OCOC(C)=O)c2OCCOCCN(CC(=O)OCOC(C)=O)CC(=O)OCOC(C)=O. The minimum Gasteiger partial charge on any atom is -0.493 e. The Bertz CT molecular complexity index is 2950. The second-order valence-corrected chi connectivity index (χ2v) is 18.0. The lowest BCUT2D eigenvalue weighted by atomic mass is 9.76. The quantitative estimate of drug-likeness (QED) is 0.0385. The molecule has 0 bridgehead atoms. The maximum Gasteiger partial charge on any atom is 0.344 e. The number of hydrogen-bond acceptors (Lipinski definition) is 30. The largest absolute Gasteiger partial charge is 0.493 e. The molecule has 32 heteroatoms. The van der Waals surface area contributed by atoms with Crippen molar-refractivity contribution < 1.29 is 133 Å². The van der Waals surface area contributed by atoms with Gasteiger partial charge in [-0.3, -0.25) is 52.8 Å². The van der Waals surface area contributed by atoms with Gasteiger partial charge >= 0.3 is 65.7 Å². The van der Waals surface area contributed by atoms with Gasteiger partial charge in [-0.05, 0) is 30.7 Å². The van der Waals surface area contributed by atoms with Crippen LogP contribution in [-0.4, -0.2) is 171 Å². The number of fused-ring (bicyclic) bond motifs is 6. The molecule has 0 N–H and O–H groups in total. The van der Waals surface area contributed by atoms with E-state index in [0.717, 1.165) is 46.4 Å². The van der Waals surface area contributed by atoms with Crippen LogP contribution in [0.3, 0.4) is 0 Å². The third-order valence-electron chi connectivity index (χ3n) is 11.2. The fraction of sp³-hybridized carbons (Fsp3) is 0.442. The predicted octanol–water partition coefficient (Wildman–Crippen LogP) is 3.44. The first-order valence-electron chi connectivity index (χ1n) is 24.6. The molecule has 0 aromatic heterocycles. The molecule has 5 rings (SSSR count). The zero-order valence-corrected chi connectivity index (χ0v) is 47.8. The summed E-state index contributed by atoms with van der Waals surface area (Å²) in [6.07, 6.45) is 0. The average molecular weight is 1230 g/mol. The molecule has 2 aliphatic heterocycles. The number of rotatable bonds is 31. The molecule has 3 aromatic rings. The summed E-state index contributed by atoms with van der Waals surface area (Å²) in [5.74, 6) is -10.8. The van der Waals surface area contributed by atoms with Crippen molar-refractivity contribution in [3.63, 3.8) is 0 Å². The van der Waals surface area contributed by atoms with Crippen LogP contribution in [0.25, 0.3) is 0 Å². The highest BCUT2D eigenvalue weighted by Gasteiger charge is 2.57. The maximum atomic E-state index is 15.1. The fourth-order valence-electron chi connectivity index (χ4n) is 7.73. The number of nitrogens with zero attached hydrogens (tertiary/aromatic N) is 2. The number of methoxy groups -OCH3 is 1. The summed E-state index contributed by atoms with van der Waals surface area (Å²) < 4.78 is 91.2. The van der Waals surface area contributed by atoms with E-state index in [1.807, 2.05) is 0 Å². The first-order valence-corrected chi connectivity index (χ1v) is 25.3. The highest BCUT2D eigenvalue weighted by molar-refractivity contribution is 6.35. The zero-order chi connectivity index (χ0) is 61.8. The number of hydrogen-bond donors (Lipinski definition) is 0. The van der Waals surface area contributed by atoms with Crippen molar-refractivity contribution in [1.82, 2.24) is 4.90 Å². The van der Waals surface area contributed by atoms with Crippen LogP contribution in [0.1, 0.15) is 74.2 Å². The average Bonchev–Trinajstić information content (AvgIpc) is 1.39. The third-order valence-corrected chi connectivity index (χ3v) is 11.9. The molecular formula is C52H56Cl2N2O28. The first-order chi connectivity index (χ1) is 39.9. The number of ether oxygens (including phenoxy) is 17. The van der Waals surface area contributed by atoms with Crippen LogP contribution >= 0.6 is 23.2 Å². The van der Waals surface area contributed by atoms with Crippen LogP contribution in [-0.2, 0) is 110 Å². The van der Waals surface area contributed by atoms with Gasteiger partial charge in [-0.15, -0.1) is 0 Å². The Labute approximate surface area is 487 Å². The van der Waals surface area contributed by atoms with Crippen LogP contribution in [0, 0.1) is 6.92 Å². The monoisotopic (exact) mass is 1230 g/mol. The molecular weight excluding hydrogens is 1170 g/mol. The molecule has 0 saturated carbocycles. The van der Waals surface area contributed by atoms with Crippen LogP contribution in [0.2, 0.25) is 10.0 Å². The van der Waals surface area contributed by atoms with Crippen LogP contribution in [0.15, 0.2) is 24.3 Å². The molecule has 84 heavy (non-hydrogen) atoms. The molecule has 0 aliphatic carbocycles. The number of aryl methyl sites for hydroxylation is 1. The molecule has 456 valence electrons. The minimum atomic E-state index is -2.17. The lowest BCUT2D eigenvalue weighted by Crippen LogP contribution is -2.39. The number of esters is 11. The molecule has 2 aliphatic rings. The van der Waals surface area contributed by atoms with Crippen LogP contribution in [0.5, 0.6) is 34.5 Å². The van der Waals surface area contributed by atoms with Gasteiger partial charge in [0.25, 0.3) is 0 Å². The molecule has 0 amide bonds. The second kappa shape index (κ2) is 31.0. The van der Waals surface area contributed by atoms with Crippen molar-refractivity contribution >= 4 is 94.6 Å². The summed E-state index contributed by atoms with van der Waals surface area (Å²) in [7, 11) is 1.26. The van der Waals surface area contributed by atoms with Gasteiger partial charge in [0.1, 0.15) is 41.1 Å². The number of carbonyl (C=O) groups is 11. The number of halogens is 2. The predicted molar refractivity (Wildman–Crippen MR) is 276 cm³/mol. The van der Waals surface area contributed by atoms with E-state index in [1.165, 1.54) is 36.3 Å². The third kappa shape index (κ3) is 17.8.